The Balaban J connectivity index is 1.56. The Hall–Kier alpha value is -3.39. The molecule has 3 heterocycles. The van der Waals surface area contributed by atoms with Crippen LogP contribution >= 0.6 is 11.3 Å². The second-order valence-corrected chi connectivity index (χ2v) is 7.25. The molecular formula is C20H17N3O4S. The average molecular weight is 395 g/mol. The van der Waals surface area contributed by atoms with Crippen LogP contribution in [0.25, 0.3) is 5.65 Å². The molecule has 7 nitrogen and oxygen atoms in total. The maximum Gasteiger partial charge on any atom is 0.287 e. The topological polar surface area (TPSA) is 85.8 Å². The number of nitrogens with zero attached hydrogens (tertiary/aromatic N) is 2. The zero-order valence-corrected chi connectivity index (χ0v) is 16.1. The van der Waals surface area contributed by atoms with E-state index in [9.17, 15) is 9.59 Å². The van der Waals surface area contributed by atoms with Crippen LogP contribution in [0.4, 0.5) is 5.69 Å². The van der Waals surface area contributed by atoms with Crippen LogP contribution in [0.2, 0.25) is 0 Å². The normalized spacial score (nSPS) is 10.9. The molecule has 1 aromatic carbocycles. The summed E-state index contributed by atoms with van der Waals surface area (Å²) in [5, 5.41) is 4.73. The van der Waals surface area contributed by atoms with E-state index in [1.807, 2.05) is 30.5 Å². The lowest BCUT2D eigenvalue weighted by molar-refractivity contribution is 0.103. The molecule has 0 aliphatic rings. The third kappa shape index (κ3) is 3.67. The van der Waals surface area contributed by atoms with Crippen LogP contribution in [0.5, 0.6) is 5.75 Å². The summed E-state index contributed by atoms with van der Waals surface area (Å²) in [6.45, 7) is 3.77. The van der Waals surface area contributed by atoms with Gasteiger partial charge >= 0.3 is 0 Å². The van der Waals surface area contributed by atoms with Gasteiger partial charge in [0.15, 0.2) is 5.65 Å². The molecule has 0 fully saturated rings. The van der Waals surface area contributed by atoms with Gasteiger partial charge in [0.2, 0.25) is 0 Å². The van der Waals surface area contributed by atoms with Crippen molar-refractivity contribution < 1.29 is 14.1 Å². The van der Waals surface area contributed by atoms with Crippen LogP contribution in [-0.2, 0) is 6.61 Å². The van der Waals surface area contributed by atoms with E-state index in [-0.39, 0.29) is 18.1 Å². The molecule has 8 heteroatoms. The fourth-order valence-corrected chi connectivity index (χ4v) is 3.38. The van der Waals surface area contributed by atoms with Crippen LogP contribution in [0, 0.1) is 13.8 Å². The zero-order valence-electron chi connectivity index (χ0n) is 15.3. The summed E-state index contributed by atoms with van der Waals surface area (Å²) in [5.41, 5.74) is 2.14. The first kappa shape index (κ1) is 18.0. The van der Waals surface area contributed by atoms with Gasteiger partial charge in [-0.25, -0.2) is 4.98 Å². The van der Waals surface area contributed by atoms with Gasteiger partial charge in [-0.05, 0) is 43.0 Å². The minimum Gasteiger partial charge on any atom is -0.485 e. The molecule has 0 aliphatic heterocycles. The van der Waals surface area contributed by atoms with Gasteiger partial charge in [-0.15, -0.1) is 15.9 Å². The first-order valence-corrected chi connectivity index (χ1v) is 9.45. The minimum absolute atomic E-state index is 0.0842. The van der Waals surface area contributed by atoms with Gasteiger partial charge in [0, 0.05) is 12.1 Å². The second kappa shape index (κ2) is 7.32. The molecule has 0 saturated heterocycles. The number of rotatable bonds is 5. The molecule has 0 bridgehead atoms. The van der Waals surface area contributed by atoms with Crippen molar-refractivity contribution in [1.82, 2.24) is 9.56 Å². The van der Waals surface area contributed by atoms with Gasteiger partial charge in [0.1, 0.15) is 18.1 Å². The van der Waals surface area contributed by atoms with E-state index in [1.165, 1.54) is 17.4 Å². The van der Waals surface area contributed by atoms with Crippen molar-refractivity contribution in [3.8, 4) is 5.75 Å². The van der Waals surface area contributed by atoms with Crippen molar-refractivity contribution in [2.75, 3.05) is 5.32 Å². The van der Waals surface area contributed by atoms with Crippen LogP contribution < -0.4 is 15.6 Å². The third-order valence-electron chi connectivity index (χ3n) is 4.03. The molecule has 0 aliphatic carbocycles. The number of fused-ring (bicyclic) bond motifs is 1. The second-order valence-electron chi connectivity index (χ2n) is 6.30. The summed E-state index contributed by atoms with van der Waals surface area (Å²) >= 11 is 1.37. The monoisotopic (exact) mass is 395 g/mol. The zero-order chi connectivity index (χ0) is 19.7. The van der Waals surface area contributed by atoms with Gasteiger partial charge in [-0.3, -0.25) is 9.59 Å². The van der Waals surface area contributed by atoms with Crippen molar-refractivity contribution in [3.63, 3.8) is 0 Å². The van der Waals surface area contributed by atoms with E-state index < -0.39 is 0 Å². The number of ether oxygens (including phenoxy) is 1. The van der Waals surface area contributed by atoms with E-state index >= 15 is 0 Å². The SMILES string of the molecule is Cc1ccc(OCc2cc(=O)n3oc(C)cc3n2)c(NC(=O)c2cccs2)c1. The standard InChI is InChI=1S/C20H17N3O4S/c1-12-5-6-16(15(8-12)22-20(25)17-4-3-7-28-17)26-11-14-10-19(24)23-18(21-14)9-13(2)27-23/h3-10H,11H2,1-2H3,(H,22,25). The number of carbonyl (C=O) groups excluding carboxylic acids is 1. The highest BCUT2D eigenvalue weighted by atomic mass is 32.1. The third-order valence-corrected chi connectivity index (χ3v) is 4.90. The van der Waals surface area contributed by atoms with Crippen molar-refractivity contribution in [1.29, 1.82) is 0 Å². The average Bonchev–Trinajstić information content (AvgIpc) is 3.30. The Morgan fingerprint density at radius 2 is 2.11 bits per heavy atom. The van der Waals surface area contributed by atoms with Crippen LogP contribution in [-0.4, -0.2) is 15.5 Å². The van der Waals surface area contributed by atoms with Gasteiger partial charge < -0.3 is 14.6 Å². The van der Waals surface area contributed by atoms with E-state index in [0.29, 0.717) is 33.4 Å². The Kier molecular flexibility index (Phi) is 4.70. The van der Waals surface area contributed by atoms with Crippen LogP contribution in [0.15, 0.2) is 57.2 Å². The van der Waals surface area contributed by atoms with E-state index in [1.54, 1.807) is 25.1 Å². The maximum atomic E-state index is 12.4. The minimum atomic E-state index is -0.313. The first-order valence-electron chi connectivity index (χ1n) is 8.57. The fourth-order valence-electron chi connectivity index (χ4n) is 2.76. The Morgan fingerprint density at radius 3 is 2.89 bits per heavy atom. The highest BCUT2D eigenvalue weighted by molar-refractivity contribution is 7.12. The van der Waals surface area contributed by atoms with Crippen molar-refractivity contribution in [2.45, 2.75) is 20.5 Å². The lowest BCUT2D eigenvalue weighted by Crippen LogP contribution is -2.15. The molecule has 3 aromatic heterocycles. The fraction of sp³-hybridized carbons (Fsp3) is 0.150. The Bertz CT molecular complexity index is 1210. The molecule has 4 rings (SSSR count). The van der Waals surface area contributed by atoms with Gasteiger partial charge in [0.25, 0.3) is 11.5 Å². The number of anilines is 1. The largest absolute Gasteiger partial charge is 0.485 e. The first-order chi connectivity index (χ1) is 13.5. The molecule has 0 atom stereocenters. The molecule has 0 spiro atoms. The summed E-state index contributed by atoms with van der Waals surface area (Å²) in [6, 6.07) is 12.2. The number of amides is 1. The lowest BCUT2D eigenvalue weighted by atomic mass is 10.2. The van der Waals surface area contributed by atoms with Gasteiger partial charge in [-0.2, -0.15) is 0 Å². The Morgan fingerprint density at radius 1 is 1.25 bits per heavy atom. The van der Waals surface area contributed by atoms with E-state index in [4.69, 9.17) is 9.26 Å². The smallest absolute Gasteiger partial charge is 0.287 e. The number of thiophene rings is 1. The van der Waals surface area contributed by atoms with E-state index in [0.717, 1.165) is 10.1 Å². The summed E-state index contributed by atoms with van der Waals surface area (Å²) < 4.78 is 12.3. The van der Waals surface area contributed by atoms with Crippen LogP contribution in [0.3, 0.4) is 0 Å². The molecule has 4 aromatic rings. The molecule has 0 radical (unpaired) electrons. The number of benzene rings is 1. The summed E-state index contributed by atoms with van der Waals surface area (Å²) in [6.07, 6.45) is 0. The quantitative estimate of drug-likeness (QED) is 0.556. The summed E-state index contributed by atoms with van der Waals surface area (Å²) in [4.78, 5) is 29.5. The van der Waals surface area contributed by atoms with Crippen molar-refractivity contribution >= 4 is 28.6 Å². The van der Waals surface area contributed by atoms with Crippen LogP contribution in [0.1, 0.15) is 26.7 Å². The van der Waals surface area contributed by atoms with E-state index in [2.05, 4.69) is 10.3 Å². The van der Waals surface area contributed by atoms with Crippen molar-refractivity contribution in [3.05, 3.63) is 80.1 Å². The number of hydrogen-bond acceptors (Lipinski definition) is 6. The van der Waals surface area contributed by atoms with Crippen molar-refractivity contribution in [2.24, 2.45) is 0 Å². The lowest BCUT2D eigenvalue weighted by Gasteiger charge is -2.13. The molecule has 1 N–H and O–H groups in total. The summed E-state index contributed by atoms with van der Waals surface area (Å²) in [5.74, 6) is 0.901. The number of hydrogen-bond donors (Lipinski definition) is 1. The summed E-state index contributed by atoms with van der Waals surface area (Å²) in [7, 11) is 0. The molecule has 28 heavy (non-hydrogen) atoms. The number of nitrogens with one attached hydrogen (secondary N) is 1. The van der Waals surface area contributed by atoms with Gasteiger partial charge in [-0.1, -0.05) is 12.1 Å². The maximum absolute atomic E-state index is 12.4. The predicted octanol–water partition coefficient (Wildman–Crippen LogP) is 3.80. The highest BCUT2D eigenvalue weighted by Gasteiger charge is 2.13. The molecule has 142 valence electrons. The Labute approximate surface area is 164 Å². The number of aromatic nitrogens is 2. The molecule has 1 amide bonds. The van der Waals surface area contributed by atoms with Gasteiger partial charge in [0.05, 0.1) is 16.3 Å². The molecule has 0 saturated carbocycles. The molecular weight excluding hydrogens is 378 g/mol. The molecule has 0 unspecified atom stereocenters. The highest BCUT2D eigenvalue weighted by Crippen LogP contribution is 2.27. The number of carbonyl (C=O) groups is 1. The number of aryl methyl sites for hydroxylation is 2. The predicted molar refractivity (Wildman–Crippen MR) is 106 cm³/mol.